The van der Waals surface area contributed by atoms with Crippen LogP contribution >= 0.6 is 24.0 Å². The molecule has 0 bridgehead atoms. The lowest BCUT2D eigenvalue weighted by Crippen LogP contribution is -2.40. The number of guanidine groups is 1. The second kappa shape index (κ2) is 12.5. The maximum atomic E-state index is 5.71. The van der Waals surface area contributed by atoms with E-state index in [2.05, 4.69) is 50.9 Å². The van der Waals surface area contributed by atoms with E-state index >= 15 is 0 Å². The van der Waals surface area contributed by atoms with Crippen LogP contribution in [0.2, 0.25) is 0 Å². The molecule has 152 valence electrons. The van der Waals surface area contributed by atoms with E-state index in [1.165, 1.54) is 12.1 Å². The molecule has 2 aromatic rings. The largest absolute Gasteiger partial charge is 0.494 e. The number of anilines is 1. The molecule has 5 nitrogen and oxygen atoms in total. The average molecular weight is 494 g/mol. The number of hydrogen-bond donors (Lipinski definition) is 2. The fourth-order valence-corrected chi connectivity index (χ4v) is 3.32. The quantitative estimate of drug-likeness (QED) is 0.254. The number of ether oxygens (including phenoxy) is 1. The normalized spacial score (nSPS) is 16.4. The van der Waals surface area contributed by atoms with Gasteiger partial charge in [-0.25, -0.2) is 0 Å². The predicted octanol–water partition coefficient (Wildman–Crippen LogP) is 3.77. The Morgan fingerprint density at radius 1 is 1.07 bits per heavy atom. The molecule has 2 N–H and O–H groups in total. The van der Waals surface area contributed by atoms with E-state index in [0.717, 1.165) is 44.3 Å². The van der Waals surface area contributed by atoms with Gasteiger partial charge in [-0.2, -0.15) is 0 Å². The Bertz CT molecular complexity index is 696. The number of rotatable bonds is 8. The third kappa shape index (κ3) is 7.22. The van der Waals surface area contributed by atoms with Gasteiger partial charge in [0, 0.05) is 38.9 Å². The summed E-state index contributed by atoms with van der Waals surface area (Å²) in [6, 6.07) is 20.6. The van der Waals surface area contributed by atoms with Crippen LogP contribution in [0.4, 0.5) is 5.69 Å². The van der Waals surface area contributed by atoms with E-state index in [0.29, 0.717) is 12.5 Å². The summed E-state index contributed by atoms with van der Waals surface area (Å²) in [6.07, 6.45) is 2.14. The van der Waals surface area contributed by atoms with Crippen molar-refractivity contribution in [3.05, 3.63) is 60.7 Å². The summed E-state index contributed by atoms with van der Waals surface area (Å²) in [5, 5.41) is 6.83. The topological polar surface area (TPSA) is 48.9 Å². The molecule has 28 heavy (non-hydrogen) atoms. The zero-order chi connectivity index (χ0) is 18.7. The highest BCUT2D eigenvalue weighted by atomic mass is 127. The second-order valence-electron chi connectivity index (χ2n) is 6.83. The Labute approximate surface area is 185 Å². The minimum Gasteiger partial charge on any atom is -0.494 e. The van der Waals surface area contributed by atoms with Crippen molar-refractivity contribution in [2.45, 2.75) is 12.8 Å². The number of hydrogen-bond acceptors (Lipinski definition) is 3. The number of nitrogens with zero attached hydrogens (tertiary/aromatic N) is 2. The Hall–Kier alpha value is -1.96. The summed E-state index contributed by atoms with van der Waals surface area (Å²) in [5.41, 5.74) is 1.32. The van der Waals surface area contributed by atoms with Crippen molar-refractivity contribution in [2.75, 3.05) is 44.7 Å². The van der Waals surface area contributed by atoms with E-state index in [1.54, 1.807) is 0 Å². The molecule has 0 radical (unpaired) electrons. The van der Waals surface area contributed by atoms with Gasteiger partial charge in [-0.05, 0) is 43.0 Å². The fourth-order valence-electron chi connectivity index (χ4n) is 3.32. The van der Waals surface area contributed by atoms with Gasteiger partial charge in [-0.1, -0.05) is 36.4 Å². The third-order valence-corrected chi connectivity index (χ3v) is 4.81. The van der Waals surface area contributed by atoms with Crippen LogP contribution in [0.1, 0.15) is 12.8 Å². The highest BCUT2D eigenvalue weighted by Gasteiger charge is 2.22. The maximum absolute atomic E-state index is 5.71. The van der Waals surface area contributed by atoms with Crippen LogP contribution in [0, 0.1) is 5.92 Å². The minimum absolute atomic E-state index is 0. The smallest absolute Gasteiger partial charge is 0.190 e. The molecule has 1 heterocycles. The molecular weight excluding hydrogens is 463 g/mol. The Morgan fingerprint density at radius 2 is 1.79 bits per heavy atom. The van der Waals surface area contributed by atoms with Gasteiger partial charge in [0.1, 0.15) is 5.75 Å². The molecule has 0 aromatic heterocycles. The van der Waals surface area contributed by atoms with Crippen molar-refractivity contribution in [3.8, 4) is 5.75 Å². The first-order valence-electron chi connectivity index (χ1n) is 9.77. The molecule has 1 unspecified atom stereocenters. The minimum atomic E-state index is 0. The van der Waals surface area contributed by atoms with Gasteiger partial charge in [-0.3, -0.25) is 4.99 Å². The molecule has 1 aliphatic heterocycles. The van der Waals surface area contributed by atoms with Gasteiger partial charge in [-0.15, -0.1) is 24.0 Å². The molecule has 3 rings (SSSR count). The van der Waals surface area contributed by atoms with Crippen LogP contribution in [0.15, 0.2) is 65.7 Å². The van der Waals surface area contributed by atoms with Gasteiger partial charge >= 0.3 is 0 Å². The van der Waals surface area contributed by atoms with E-state index in [9.17, 15) is 0 Å². The maximum Gasteiger partial charge on any atom is 0.190 e. The number of aliphatic imine (C=N–C) groups is 1. The summed E-state index contributed by atoms with van der Waals surface area (Å²) in [4.78, 5) is 6.78. The van der Waals surface area contributed by atoms with E-state index in [-0.39, 0.29) is 24.0 Å². The summed E-state index contributed by atoms with van der Waals surface area (Å²) in [5.74, 6) is 2.43. The molecule has 0 amide bonds. The van der Waals surface area contributed by atoms with Crippen LogP contribution in [-0.4, -0.2) is 45.8 Å². The van der Waals surface area contributed by atoms with E-state index < -0.39 is 0 Å². The fraction of sp³-hybridized carbons (Fsp3) is 0.409. The van der Waals surface area contributed by atoms with Gasteiger partial charge in [0.15, 0.2) is 5.96 Å². The number of para-hydroxylation sites is 2. The standard InChI is InChI=1S/C22H30N4O.HI/c1-23-22(24-14-8-16-27-21-11-6-3-7-12-21)25-17-19-13-15-26(18-19)20-9-4-2-5-10-20;/h2-7,9-12,19H,8,13-18H2,1H3,(H2,23,24,25);1H. The van der Waals surface area contributed by atoms with Crippen molar-refractivity contribution in [1.29, 1.82) is 0 Å². The molecule has 0 spiro atoms. The molecule has 0 aliphatic carbocycles. The molecule has 2 aromatic carbocycles. The second-order valence-corrected chi connectivity index (χ2v) is 6.83. The molecule has 1 atom stereocenters. The molecule has 6 heteroatoms. The van der Waals surface area contributed by atoms with Gasteiger partial charge in [0.25, 0.3) is 0 Å². The predicted molar refractivity (Wildman–Crippen MR) is 128 cm³/mol. The average Bonchev–Trinajstić information content (AvgIpc) is 3.20. The molecule has 1 aliphatic rings. The van der Waals surface area contributed by atoms with Gasteiger partial charge < -0.3 is 20.3 Å². The summed E-state index contributed by atoms with van der Waals surface area (Å²) >= 11 is 0. The lowest BCUT2D eigenvalue weighted by Gasteiger charge is -2.19. The molecule has 1 fully saturated rings. The first kappa shape index (κ1) is 22.3. The first-order valence-corrected chi connectivity index (χ1v) is 9.77. The number of benzene rings is 2. The molecular formula is C22H31IN4O. The van der Waals surface area contributed by atoms with Crippen LogP contribution in [0.25, 0.3) is 0 Å². The monoisotopic (exact) mass is 494 g/mol. The number of nitrogens with one attached hydrogen (secondary N) is 2. The van der Waals surface area contributed by atoms with Gasteiger partial charge in [0.05, 0.1) is 6.61 Å². The van der Waals surface area contributed by atoms with Gasteiger partial charge in [0.2, 0.25) is 0 Å². The molecule has 1 saturated heterocycles. The highest BCUT2D eigenvalue weighted by Crippen LogP contribution is 2.22. The van der Waals surface area contributed by atoms with Crippen molar-refractivity contribution in [1.82, 2.24) is 10.6 Å². The third-order valence-electron chi connectivity index (χ3n) is 4.81. The zero-order valence-corrected chi connectivity index (χ0v) is 18.8. The Morgan fingerprint density at radius 3 is 2.50 bits per heavy atom. The lowest BCUT2D eigenvalue weighted by atomic mass is 10.1. The van der Waals surface area contributed by atoms with E-state index in [1.807, 2.05) is 37.4 Å². The van der Waals surface area contributed by atoms with E-state index in [4.69, 9.17) is 4.74 Å². The number of halogens is 1. The van der Waals surface area contributed by atoms with Crippen molar-refractivity contribution >= 4 is 35.6 Å². The van der Waals surface area contributed by atoms with Crippen molar-refractivity contribution < 1.29 is 4.74 Å². The zero-order valence-electron chi connectivity index (χ0n) is 16.5. The SMILES string of the molecule is CN=C(NCCCOc1ccccc1)NCC1CCN(c2ccccc2)C1.I. The van der Waals surface area contributed by atoms with Crippen LogP contribution in [0.5, 0.6) is 5.75 Å². The highest BCUT2D eigenvalue weighted by molar-refractivity contribution is 14.0. The van der Waals surface area contributed by atoms with Crippen LogP contribution < -0.4 is 20.3 Å². The summed E-state index contributed by atoms with van der Waals surface area (Å²) in [7, 11) is 1.82. The molecule has 0 saturated carbocycles. The summed E-state index contributed by atoms with van der Waals surface area (Å²) in [6.45, 7) is 4.71. The first-order chi connectivity index (χ1) is 13.3. The van der Waals surface area contributed by atoms with Crippen LogP contribution in [0.3, 0.4) is 0 Å². The lowest BCUT2D eigenvalue weighted by molar-refractivity contribution is 0.311. The Balaban J connectivity index is 0.00000280. The summed E-state index contributed by atoms with van der Waals surface area (Å²) < 4.78 is 5.71. The van der Waals surface area contributed by atoms with Crippen LogP contribution in [-0.2, 0) is 0 Å². The van der Waals surface area contributed by atoms with Crippen molar-refractivity contribution in [3.63, 3.8) is 0 Å². The Kier molecular flexibility index (Phi) is 9.96. The van der Waals surface area contributed by atoms with Crippen molar-refractivity contribution in [2.24, 2.45) is 10.9 Å².